The number of thioether (sulfide) groups is 1. The second-order valence-electron chi connectivity index (χ2n) is 7.19. The summed E-state index contributed by atoms with van der Waals surface area (Å²) in [4.78, 5) is 36.4. The van der Waals surface area contributed by atoms with Crippen LogP contribution in [0.5, 0.6) is 0 Å². The van der Waals surface area contributed by atoms with Gasteiger partial charge in [0.2, 0.25) is 5.91 Å². The van der Waals surface area contributed by atoms with Crippen molar-refractivity contribution >= 4 is 29.7 Å². The van der Waals surface area contributed by atoms with Gasteiger partial charge in [0.15, 0.2) is 0 Å². The van der Waals surface area contributed by atoms with Crippen LogP contribution in [0.3, 0.4) is 0 Å². The molecule has 2 atom stereocenters. The maximum absolute atomic E-state index is 12.6. The van der Waals surface area contributed by atoms with Gasteiger partial charge in [-0.1, -0.05) is 13.8 Å². The van der Waals surface area contributed by atoms with E-state index in [1.165, 1.54) is 7.11 Å². The van der Waals surface area contributed by atoms with Gasteiger partial charge in [-0.2, -0.15) is 11.8 Å². The summed E-state index contributed by atoms with van der Waals surface area (Å²) < 4.78 is 9.96. The van der Waals surface area contributed by atoms with E-state index in [1.807, 2.05) is 20.1 Å². The molecule has 0 saturated carbocycles. The highest BCUT2D eigenvalue weighted by Crippen LogP contribution is 2.10. The molecule has 146 valence electrons. The minimum absolute atomic E-state index is 0.202. The summed E-state index contributed by atoms with van der Waals surface area (Å²) in [6, 6.07) is -1.52. The third kappa shape index (κ3) is 10.9. The lowest BCUT2D eigenvalue weighted by Crippen LogP contribution is -2.53. The van der Waals surface area contributed by atoms with Crippen LogP contribution in [-0.2, 0) is 19.1 Å². The minimum atomic E-state index is -0.776. The maximum atomic E-state index is 12.6. The summed E-state index contributed by atoms with van der Waals surface area (Å²) in [6.45, 7) is 9.15. The quantitative estimate of drug-likeness (QED) is 0.600. The van der Waals surface area contributed by atoms with Crippen LogP contribution in [-0.4, -0.2) is 54.8 Å². The number of carbonyl (C=O) groups is 3. The zero-order chi connectivity index (χ0) is 19.6. The van der Waals surface area contributed by atoms with Crippen LogP contribution in [0.25, 0.3) is 0 Å². The van der Waals surface area contributed by atoms with Gasteiger partial charge in [-0.05, 0) is 51.5 Å². The SMILES string of the molecule is COC(=O)[C@@H](CC(C)C)NC(=O)[C@@H](CCSC)NC(=O)OC(C)(C)C. The monoisotopic (exact) mass is 376 g/mol. The summed E-state index contributed by atoms with van der Waals surface area (Å²) in [5.41, 5.74) is -0.656. The van der Waals surface area contributed by atoms with Gasteiger partial charge in [-0.25, -0.2) is 9.59 Å². The van der Waals surface area contributed by atoms with E-state index in [9.17, 15) is 14.4 Å². The summed E-state index contributed by atoms with van der Waals surface area (Å²) in [5.74, 6) is -0.0345. The normalized spacial score (nSPS) is 13.8. The fourth-order valence-corrected chi connectivity index (χ4v) is 2.53. The Kier molecular flexibility index (Phi) is 10.6. The fourth-order valence-electron chi connectivity index (χ4n) is 2.05. The molecule has 8 heteroatoms. The lowest BCUT2D eigenvalue weighted by Gasteiger charge is -2.25. The summed E-state index contributed by atoms with van der Waals surface area (Å²) in [6.07, 6.45) is 2.15. The fraction of sp³-hybridized carbons (Fsp3) is 0.824. The number of hydrogen-bond donors (Lipinski definition) is 2. The molecule has 0 aliphatic carbocycles. The predicted octanol–water partition coefficient (Wildman–Crippen LogP) is 2.34. The van der Waals surface area contributed by atoms with E-state index in [4.69, 9.17) is 9.47 Å². The molecule has 2 N–H and O–H groups in total. The molecule has 0 fully saturated rings. The molecule has 0 aromatic heterocycles. The van der Waals surface area contributed by atoms with E-state index >= 15 is 0 Å². The average Bonchev–Trinajstić information content (AvgIpc) is 2.47. The molecule has 0 aliphatic heterocycles. The molecular weight excluding hydrogens is 344 g/mol. The first-order valence-corrected chi connectivity index (χ1v) is 9.76. The van der Waals surface area contributed by atoms with E-state index in [2.05, 4.69) is 10.6 Å². The molecule has 7 nitrogen and oxygen atoms in total. The van der Waals surface area contributed by atoms with Crippen LogP contribution < -0.4 is 10.6 Å². The zero-order valence-electron chi connectivity index (χ0n) is 16.3. The number of carbonyl (C=O) groups excluding carboxylic acids is 3. The number of esters is 1. The highest BCUT2D eigenvalue weighted by molar-refractivity contribution is 7.98. The van der Waals surface area contributed by atoms with Crippen LogP contribution in [0, 0.1) is 5.92 Å². The molecule has 0 aromatic rings. The average molecular weight is 377 g/mol. The highest BCUT2D eigenvalue weighted by Gasteiger charge is 2.28. The first kappa shape index (κ1) is 23.6. The smallest absolute Gasteiger partial charge is 0.408 e. The van der Waals surface area contributed by atoms with Crippen molar-refractivity contribution in [3.63, 3.8) is 0 Å². The Labute approximate surface area is 155 Å². The molecule has 0 spiro atoms. The molecule has 25 heavy (non-hydrogen) atoms. The first-order valence-electron chi connectivity index (χ1n) is 8.36. The number of alkyl carbamates (subject to hydrolysis) is 1. The van der Waals surface area contributed by atoms with Gasteiger partial charge in [0.05, 0.1) is 7.11 Å². The summed E-state index contributed by atoms with van der Waals surface area (Å²) in [5, 5.41) is 5.27. The third-order valence-electron chi connectivity index (χ3n) is 3.13. The van der Waals surface area contributed by atoms with Gasteiger partial charge in [0.1, 0.15) is 17.7 Å². The van der Waals surface area contributed by atoms with Gasteiger partial charge in [0.25, 0.3) is 0 Å². The first-order chi connectivity index (χ1) is 11.5. The molecule has 0 rings (SSSR count). The van der Waals surface area contributed by atoms with Gasteiger partial charge < -0.3 is 20.1 Å². The van der Waals surface area contributed by atoms with E-state index in [0.29, 0.717) is 18.6 Å². The van der Waals surface area contributed by atoms with Crippen molar-refractivity contribution < 1.29 is 23.9 Å². The number of amides is 2. The second kappa shape index (κ2) is 11.2. The number of nitrogens with one attached hydrogen (secondary N) is 2. The Morgan fingerprint density at radius 3 is 2.12 bits per heavy atom. The van der Waals surface area contributed by atoms with Gasteiger partial charge in [-0.15, -0.1) is 0 Å². The summed E-state index contributed by atoms with van der Waals surface area (Å²) in [7, 11) is 1.28. The Balaban J connectivity index is 5.00. The summed E-state index contributed by atoms with van der Waals surface area (Å²) >= 11 is 1.56. The largest absolute Gasteiger partial charge is 0.467 e. The lowest BCUT2D eigenvalue weighted by atomic mass is 10.0. The topological polar surface area (TPSA) is 93.7 Å². The lowest BCUT2D eigenvalue weighted by molar-refractivity contribution is -0.145. The number of ether oxygens (including phenoxy) is 2. The van der Waals surface area contributed by atoms with Crippen LogP contribution in [0.1, 0.15) is 47.5 Å². The molecule has 0 aromatic carbocycles. The van der Waals surface area contributed by atoms with Gasteiger partial charge in [-0.3, -0.25) is 4.79 Å². The van der Waals surface area contributed by atoms with E-state index in [1.54, 1.807) is 32.5 Å². The Morgan fingerprint density at radius 2 is 1.68 bits per heavy atom. The number of rotatable bonds is 9. The molecule has 0 heterocycles. The van der Waals surface area contributed by atoms with Crippen molar-refractivity contribution in [2.24, 2.45) is 5.92 Å². The standard InChI is InChI=1S/C17H32N2O5S/c1-11(2)10-13(15(21)23-6)18-14(20)12(8-9-25-7)19-16(22)24-17(3,4)5/h11-13H,8-10H2,1-7H3,(H,18,20)(H,19,22)/t12-,13-/m1/s1. The molecule has 0 saturated heterocycles. The van der Waals surface area contributed by atoms with Crippen molar-refractivity contribution in [1.82, 2.24) is 10.6 Å². The van der Waals surface area contributed by atoms with Crippen LogP contribution in [0.2, 0.25) is 0 Å². The van der Waals surface area contributed by atoms with E-state index in [0.717, 1.165) is 0 Å². The Morgan fingerprint density at radius 1 is 1.08 bits per heavy atom. The zero-order valence-corrected chi connectivity index (χ0v) is 17.1. The van der Waals surface area contributed by atoms with Crippen molar-refractivity contribution in [2.75, 3.05) is 19.1 Å². The Bertz CT molecular complexity index is 449. The van der Waals surface area contributed by atoms with Crippen LogP contribution in [0.15, 0.2) is 0 Å². The van der Waals surface area contributed by atoms with Crippen molar-refractivity contribution in [2.45, 2.75) is 65.1 Å². The van der Waals surface area contributed by atoms with Crippen molar-refractivity contribution in [3.8, 4) is 0 Å². The van der Waals surface area contributed by atoms with E-state index < -0.39 is 35.7 Å². The minimum Gasteiger partial charge on any atom is -0.467 e. The molecule has 0 aliphatic rings. The molecular formula is C17H32N2O5S. The van der Waals surface area contributed by atoms with Crippen molar-refractivity contribution in [3.05, 3.63) is 0 Å². The van der Waals surface area contributed by atoms with Crippen molar-refractivity contribution in [1.29, 1.82) is 0 Å². The molecule has 0 unspecified atom stereocenters. The van der Waals surface area contributed by atoms with E-state index in [-0.39, 0.29) is 5.92 Å². The molecule has 0 radical (unpaired) electrons. The van der Waals surface area contributed by atoms with Gasteiger partial charge in [0, 0.05) is 0 Å². The van der Waals surface area contributed by atoms with Crippen LogP contribution in [0.4, 0.5) is 4.79 Å². The molecule has 2 amide bonds. The number of methoxy groups -OCH3 is 1. The number of hydrogen-bond acceptors (Lipinski definition) is 6. The highest BCUT2D eigenvalue weighted by atomic mass is 32.2. The third-order valence-corrected chi connectivity index (χ3v) is 3.77. The maximum Gasteiger partial charge on any atom is 0.408 e. The van der Waals surface area contributed by atoms with Gasteiger partial charge >= 0.3 is 12.1 Å². The predicted molar refractivity (Wildman–Crippen MR) is 99.6 cm³/mol. The molecule has 0 bridgehead atoms. The Hall–Kier alpha value is -1.44. The van der Waals surface area contributed by atoms with Crippen LogP contribution >= 0.6 is 11.8 Å². The second-order valence-corrected chi connectivity index (χ2v) is 8.18.